The fourth-order valence-corrected chi connectivity index (χ4v) is 2.24. The van der Waals surface area contributed by atoms with Crippen LogP contribution in [0, 0.1) is 0 Å². The predicted molar refractivity (Wildman–Crippen MR) is 70.0 cm³/mol. The number of hydrogen-bond donors (Lipinski definition) is 2. The number of fused-ring (bicyclic) bond motifs is 1. The molecule has 0 unspecified atom stereocenters. The molecule has 18 heavy (non-hydrogen) atoms. The van der Waals surface area contributed by atoms with Crippen molar-refractivity contribution in [2.24, 2.45) is 0 Å². The molecule has 100 valence electrons. The molecule has 1 fully saturated rings. The second kappa shape index (κ2) is 5.65. The third-order valence-corrected chi connectivity index (χ3v) is 3.12. The molecular weight excluding hydrogens is 256 g/mol. The quantitative estimate of drug-likeness (QED) is 0.844. The molecule has 2 aliphatic rings. The summed E-state index contributed by atoms with van der Waals surface area (Å²) in [5.74, 6) is 2.22. The molecule has 0 bridgehead atoms. The zero-order valence-corrected chi connectivity index (χ0v) is 11.0. The van der Waals surface area contributed by atoms with Crippen molar-refractivity contribution in [3.63, 3.8) is 0 Å². The van der Waals surface area contributed by atoms with Gasteiger partial charge in [0, 0.05) is 25.7 Å². The fourth-order valence-electron chi connectivity index (χ4n) is 2.24. The van der Waals surface area contributed by atoms with Crippen LogP contribution in [0.1, 0.15) is 11.6 Å². The third kappa shape index (κ3) is 2.34. The average Bonchev–Trinajstić information content (AvgIpc) is 2.86. The number of nitrogens with one attached hydrogen (secondary N) is 2. The summed E-state index contributed by atoms with van der Waals surface area (Å²) in [7, 11) is 1.65. The molecule has 0 aromatic heterocycles. The molecule has 0 radical (unpaired) electrons. The van der Waals surface area contributed by atoms with Crippen LogP contribution < -0.4 is 24.8 Å². The SMILES string of the molecule is COc1cc([C@@H]2CNCCN2)cc2c1OCO2.Cl. The normalized spacial score (nSPS) is 21.3. The second-order valence-corrected chi connectivity index (χ2v) is 4.17. The van der Waals surface area contributed by atoms with Gasteiger partial charge in [0.15, 0.2) is 11.5 Å². The Morgan fingerprint density at radius 3 is 2.89 bits per heavy atom. The number of methoxy groups -OCH3 is 1. The summed E-state index contributed by atoms with van der Waals surface area (Å²) >= 11 is 0. The van der Waals surface area contributed by atoms with Gasteiger partial charge in [0.25, 0.3) is 0 Å². The third-order valence-electron chi connectivity index (χ3n) is 3.12. The van der Waals surface area contributed by atoms with Crippen molar-refractivity contribution in [3.05, 3.63) is 17.7 Å². The number of ether oxygens (including phenoxy) is 3. The summed E-state index contributed by atoms with van der Waals surface area (Å²) in [6.45, 7) is 3.17. The molecule has 5 nitrogen and oxygen atoms in total. The van der Waals surface area contributed by atoms with Crippen molar-refractivity contribution >= 4 is 12.4 Å². The summed E-state index contributed by atoms with van der Waals surface area (Å²) in [5.41, 5.74) is 1.17. The Bertz CT molecular complexity index is 422. The van der Waals surface area contributed by atoms with Gasteiger partial charge in [-0.3, -0.25) is 0 Å². The summed E-state index contributed by atoms with van der Waals surface area (Å²) < 4.78 is 16.1. The van der Waals surface area contributed by atoms with E-state index >= 15 is 0 Å². The first kappa shape index (κ1) is 13.3. The molecule has 2 N–H and O–H groups in total. The summed E-state index contributed by atoms with van der Waals surface area (Å²) in [5, 5.41) is 6.83. The van der Waals surface area contributed by atoms with Crippen LogP contribution in [0.5, 0.6) is 17.2 Å². The van der Waals surface area contributed by atoms with Crippen LogP contribution >= 0.6 is 12.4 Å². The first-order chi connectivity index (χ1) is 8.38. The molecule has 0 amide bonds. The van der Waals surface area contributed by atoms with E-state index in [1.54, 1.807) is 7.11 Å². The molecule has 2 heterocycles. The van der Waals surface area contributed by atoms with Crippen LogP contribution in [-0.2, 0) is 0 Å². The van der Waals surface area contributed by atoms with E-state index in [0.29, 0.717) is 11.8 Å². The molecule has 1 atom stereocenters. The van der Waals surface area contributed by atoms with E-state index in [-0.39, 0.29) is 19.2 Å². The molecular formula is C12H17ClN2O3. The van der Waals surface area contributed by atoms with Crippen LogP contribution in [0.3, 0.4) is 0 Å². The summed E-state index contributed by atoms with van der Waals surface area (Å²) in [4.78, 5) is 0. The van der Waals surface area contributed by atoms with E-state index in [2.05, 4.69) is 10.6 Å². The van der Waals surface area contributed by atoms with E-state index in [9.17, 15) is 0 Å². The topological polar surface area (TPSA) is 51.8 Å². The van der Waals surface area contributed by atoms with Crippen LogP contribution in [0.25, 0.3) is 0 Å². The molecule has 6 heteroatoms. The highest BCUT2D eigenvalue weighted by atomic mass is 35.5. The van der Waals surface area contributed by atoms with Gasteiger partial charge in [0.05, 0.1) is 7.11 Å². The Balaban J connectivity index is 0.00000120. The Hall–Kier alpha value is -1.17. The molecule has 2 aliphatic heterocycles. The van der Waals surface area contributed by atoms with Crippen LogP contribution in [-0.4, -0.2) is 33.5 Å². The number of benzene rings is 1. The zero-order chi connectivity index (χ0) is 11.7. The van der Waals surface area contributed by atoms with E-state index in [1.165, 1.54) is 5.56 Å². The van der Waals surface area contributed by atoms with Crippen LogP contribution in [0.15, 0.2) is 12.1 Å². The number of halogens is 1. The van der Waals surface area contributed by atoms with Gasteiger partial charge >= 0.3 is 0 Å². The first-order valence-electron chi connectivity index (χ1n) is 5.80. The number of rotatable bonds is 2. The molecule has 3 rings (SSSR count). The second-order valence-electron chi connectivity index (χ2n) is 4.17. The molecule has 1 aromatic carbocycles. The van der Waals surface area contributed by atoms with Crippen molar-refractivity contribution < 1.29 is 14.2 Å². The van der Waals surface area contributed by atoms with Crippen molar-refractivity contribution in [2.45, 2.75) is 6.04 Å². The van der Waals surface area contributed by atoms with E-state index in [4.69, 9.17) is 14.2 Å². The van der Waals surface area contributed by atoms with Gasteiger partial charge in [-0.05, 0) is 17.7 Å². The van der Waals surface area contributed by atoms with Gasteiger partial charge in [-0.15, -0.1) is 12.4 Å². The highest BCUT2D eigenvalue weighted by Crippen LogP contribution is 2.42. The van der Waals surface area contributed by atoms with Crippen molar-refractivity contribution in [1.82, 2.24) is 10.6 Å². The molecule has 1 aromatic rings. The smallest absolute Gasteiger partial charge is 0.231 e. The van der Waals surface area contributed by atoms with Gasteiger partial charge < -0.3 is 24.8 Å². The summed E-state index contributed by atoms with van der Waals surface area (Å²) in [6.07, 6.45) is 0. The maximum atomic E-state index is 5.42. The van der Waals surface area contributed by atoms with E-state index in [0.717, 1.165) is 31.1 Å². The minimum Gasteiger partial charge on any atom is -0.493 e. The minimum atomic E-state index is 0. The molecule has 1 saturated heterocycles. The summed E-state index contributed by atoms with van der Waals surface area (Å²) in [6, 6.07) is 4.33. The lowest BCUT2D eigenvalue weighted by molar-refractivity contribution is 0.171. The number of piperazine rings is 1. The highest BCUT2D eigenvalue weighted by Gasteiger charge is 2.23. The first-order valence-corrected chi connectivity index (χ1v) is 5.80. The maximum Gasteiger partial charge on any atom is 0.231 e. The largest absolute Gasteiger partial charge is 0.493 e. The van der Waals surface area contributed by atoms with Gasteiger partial charge in [-0.25, -0.2) is 0 Å². The lowest BCUT2D eigenvalue weighted by atomic mass is 10.0. The average molecular weight is 273 g/mol. The molecule has 0 spiro atoms. The molecule has 0 aliphatic carbocycles. The van der Waals surface area contributed by atoms with Crippen LogP contribution in [0.4, 0.5) is 0 Å². The van der Waals surface area contributed by atoms with E-state index in [1.807, 2.05) is 12.1 Å². The van der Waals surface area contributed by atoms with Gasteiger partial charge in [-0.2, -0.15) is 0 Å². The van der Waals surface area contributed by atoms with Crippen LogP contribution in [0.2, 0.25) is 0 Å². The Kier molecular flexibility index (Phi) is 4.16. The van der Waals surface area contributed by atoms with Crippen molar-refractivity contribution in [3.8, 4) is 17.2 Å². The number of hydrogen-bond acceptors (Lipinski definition) is 5. The Morgan fingerprint density at radius 2 is 2.17 bits per heavy atom. The standard InChI is InChI=1S/C12H16N2O3.ClH/c1-15-10-4-8(9-6-13-2-3-14-9)5-11-12(10)17-7-16-11;/h4-5,9,13-14H,2-3,6-7H2,1H3;1H/t9-;/m0./s1. The van der Waals surface area contributed by atoms with Crippen molar-refractivity contribution in [2.75, 3.05) is 33.5 Å². The van der Waals surface area contributed by atoms with Gasteiger partial charge in [0.1, 0.15) is 0 Å². The molecule has 0 saturated carbocycles. The Morgan fingerprint density at radius 1 is 1.28 bits per heavy atom. The van der Waals surface area contributed by atoms with Crippen molar-refractivity contribution in [1.29, 1.82) is 0 Å². The lowest BCUT2D eigenvalue weighted by Crippen LogP contribution is -2.42. The lowest BCUT2D eigenvalue weighted by Gasteiger charge is -2.25. The van der Waals surface area contributed by atoms with Gasteiger partial charge in [0.2, 0.25) is 12.5 Å². The van der Waals surface area contributed by atoms with E-state index < -0.39 is 0 Å². The fraction of sp³-hybridized carbons (Fsp3) is 0.500. The van der Waals surface area contributed by atoms with Gasteiger partial charge in [-0.1, -0.05) is 0 Å². The minimum absolute atomic E-state index is 0. The Labute approximate surface area is 112 Å². The maximum absolute atomic E-state index is 5.42. The predicted octanol–water partition coefficient (Wildman–Crippen LogP) is 1.08. The zero-order valence-electron chi connectivity index (χ0n) is 10.2. The monoisotopic (exact) mass is 272 g/mol. The highest BCUT2D eigenvalue weighted by molar-refractivity contribution is 5.85.